The van der Waals surface area contributed by atoms with Crippen molar-refractivity contribution in [1.29, 1.82) is 0 Å². The lowest BCUT2D eigenvalue weighted by Crippen LogP contribution is -2.70. The molecule has 8 nitrogen and oxygen atoms in total. The highest BCUT2D eigenvalue weighted by Gasteiger charge is 2.72. The van der Waals surface area contributed by atoms with E-state index < -0.39 is 34.4 Å². The molecule has 0 bridgehead atoms. The molecule has 11 unspecified atom stereocenters. The van der Waals surface area contributed by atoms with Crippen molar-refractivity contribution in [2.45, 2.75) is 136 Å². The van der Waals surface area contributed by atoms with Crippen molar-refractivity contribution in [3.8, 4) is 5.75 Å². The van der Waals surface area contributed by atoms with Crippen LogP contribution in [0.5, 0.6) is 5.75 Å². The van der Waals surface area contributed by atoms with Crippen molar-refractivity contribution in [2.75, 3.05) is 13.2 Å². The second kappa shape index (κ2) is 12.0. The number of epoxide rings is 1. The number of phenols is 1. The van der Waals surface area contributed by atoms with Crippen molar-refractivity contribution < 1.29 is 34.8 Å². The van der Waals surface area contributed by atoms with Crippen LogP contribution in [-0.4, -0.2) is 75.1 Å². The van der Waals surface area contributed by atoms with E-state index in [1.165, 1.54) is 5.57 Å². The number of ether oxygens (including phenoxy) is 1. The van der Waals surface area contributed by atoms with E-state index in [4.69, 9.17) is 4.74 Å². The quantitative estimate of drug-likeness (QED) is 0.208. The van der Waals surface area contributed by atoms with Crippen LogP contribution in [0.25, 0.3) is 0 Å². The molecule has 266 valence electrons. The van der Waals surface area contributed by atoms with Crippen molar-refractivity contribution >= 4 is 11.6 Å². The summed E-state index contributed by atoms with van der Waals surface area (Å²) in [6.45, 7) is 16.9. The number of aliphatic hydroxyl groups excluding tert-OH is 3. The third-order valence-corrected chi connectivity index (χ3v) is 14.1. The summed E-state index contributed by atoms with van der Waals surface area (Å²) in [5.41, 5.74) is 0.551. The number of allylic oxidation sites excluding steroid dienone is 2. The number of aromatic hydroxyl groups is 1. The Morgan fingerprint density at radius 2 is 1.73 bits per heavy atom. The Kier molecular flexibility index (Phi) is 8.93. The van der Waals surface area contributed by atoms with Crippen molar-refractivity contribution in [1.82, 2.24) is 5.32 Å². The highest BCUT2D eigenvalue weighted by molar-refractivity contribution is 6.00. The number of carbonyl (C=O) groups excluding carboxylic acids is 2. The number of fused-ring (bicyclic) bond motifs is 5. The number of aliphatic hydroxyl groups is 3. The number of Topliss-reactive ketones (excluding diaryl/α,β-unsaturated/α-hetero) is 2. The van der Waals surface area contributed by atoms with E-state index >= 15 is 0 Å². The Balaban J connectivity index is 1.47. The zero-order valence-corrected chi connectivity index (χ0v) is 30.3. The lowest BCUT2D eigenvalue weighted by atomic mass is 9.33. The fourth-order valence-electron chi connectivity index (χ4n) is 12.4. The summed E-state index contributed by atoms with van der Waals surface area (Å²) in [7, 11) is 0. The van der Waals surface area contributed by atoms with Gasteiger partial charge in [-0.3, -0.25) is 9.59 Å². The van der Waals surface area contributed by atoms with E-state index in [1.807, 2.05) is 26.0 Å². The van der Waals surface area contributed by atoms with Crippen molar-refractivity contribution in [3.63, 3.8) is 0 Å². The molecule has 4 aliphatic carbocycles. The second-order valence-electron chi connectivity index (χ2n) is 17.9. The summed E-state index contributed by atoms with van der Waals surface area (Å²) in [5.74, 6) is 0.0443. The van der Waals surface area contributed by atoms with Gasteiger partial charge in [0.15, 0.2) is 5.78 Å². The Labute approximate surface area is 286 Å². The molecular formula is C40H59NO7. The summed E-state index contributed by atoms with van der Waals surface area (Å²) < 4.78 is 5.74. The SMILES string of the molecule is CC(O)CNC1CC2(CCO)C(CCC3=C(C(C)CC(O)C4OC4(C)C)C(=O)CC32C)C2(C)CC(c3cccc(O)c3)C(=O)C(C)(C)C12. The minimum atomic E-state index is -0.706. The first-order valence-corrected chi connectivity index (χ1v) is 18.3. The molecule has 11 atom stereocenters. The molecule has 48 heavy (non-hydrogen) atoms. The van der Waals surface area contributed by atoms with Crippen molar-refractivity contribution in [2.24, 2.45) is 39.4 Å². The van der Waals surface area contributed by atoms with E-state index in [-0.39, 0.29) is 64.8 Å². The number of hydrogen-bond acceptors (Lipinski definition) is 8. The van der Waals surface area contributed by atoms with E-state index in [2.05, 4.69) is 39.9 Å². The van der Waals surface area contributed by atoms with Crippen LogP contribution >= 0.6 is 0 Å². The normalized spacial score (nSPS) is 40.1. The van der Waals surface area contributed by atoms with Crippen LogP contribution in [0.4, 0.5) is 0 Å². The highest BCUT2D eigenvalue weighted by Crippen LogP contribution is 2.75. The van der Waals surface area contributed by atoms with E-state index in [0.29, 0.717) is 38.6 Å². The van der Waals surface area contributed by atoms with Crippen LogP contribution in [0.15, 0.2) is 35.4 Å². The highest BCUT2D eigenvalue weighted by atomic mass is 16.6. The molecule has 0 amide bonds. The molecule has 0 radical (unpaired) electrons. The Morgan fingerprint density at radius 3 is 2.33 bits per heavy atom. The fraction of sp³-hybridized carbons (Fsp3) is 0.750. The van der Waals surface area contributed by atoms with Gasteiger partial charge in [-0.15, -0.1) is 0 Å². The third-order valence-electron chi connectivity index (χ3n) is 14.1. The maximum atomic E-state index is 14.5. The van der Waals surface area contributed by atoms with Gasteiger partial charge in [-0.25, -0.2) is 0 Å². The van der Waals surface area contributed by atoms with Crippen LogP contribution in [0.1, 0.15) is 112 Å². The average Bonchev–Trinajstić information content (AvgIpc) is 3.53. The minimum absolute atomic E-state index is 0.00651. The number of ketones is 2. The minimum Gasteiger partial charge on any atom is -0.508 e. The molecule has 4 fully saturated rings. The predicted molar refractivity (Wildman–Crippen MR) is 184 cm³/mol. The van der Waals surface area contributed by atoms with Crippen LogP contribution < -0.4 is 5.32 Å². The number of benzene rings is 1. The molecule has 1 aromatic carbocycles. The predicted octanol–water partition coefficient (Wildman–Crippen LogP) is 5.46. The van der Waals surface area contributed by atoms with E-state index in [0.717, 1.165) is 24.0 Å². The topological polar surface area (TPSA) is 140 Å². The largest absolute Gasteiger partial charge is 0.508 e. The number of rotatable bonds is 10. The maximum absolute atomic E-state index is 14.5. The molecule has 1 heterocycles. The molecule has 6 rings (SSSR count). The van der Waals surface area contributed by atoms with Gasteiger partial charge >= 0.3 is 0 Å². The molecule has 1 aromatic rings. The average molecular weight is 666 g/mol. The first-order chi connectivity index (χ1) is 22.3. The van der Waals surface area contributed by atoms with Gasteiger partial charge in [0.2, 0.25) is 0 Å². The lowest BCUT2D eigenvalue weighted by molar-refractivity contribution is -0.203. The van der Waals surface area contributed by atoms with E-state index in [1.54, 1.807) is 19.1 Å². The van der Waals surface area contributed by atoms with Gasteiger partial charge in [0.1, 0.15) is 17.6 Å². The van der Waals surface area contributed by atoms with Gasteiger partial charge in [-0.1, -0.05) is 52.3 Å². The lowest BCUT2D eigenvalue weighted by Gasteiger charge is -2.71. The molecule has 5 aliphatic rings. The first-order valence-electron chi connectivity index (χ1n) is 18.3. The van der Waals surface area contributed by atoms with Crippen molar-refractivity contribution in [3.05, 3.63) is 41.0 Å². The van der Waals surface area contributed by atoms with Crippen LogP contribution in [0.2, 0.25) is 0 Å². The number of hydrogen-bond donors (Lipinski definition) is 5. The fourth-order valence-corrected chi connectivity index (χ4v) is 12.4. The van der Waals surface area contributed by atoms with E-state index in [9.17, 15) is 30.0 Å². The second-order valence-corrected chi connectivity index (χ2v) is 17.9. The van der Waals surface area contributed by atoms with Gasteiger partial charge in [-0.05, 0) is 111 Å². The first kappa shape index (κ1) is 35.7. The number of phenolic OH excluding ortho intramolecular Hbond substituents is 1. The van der Waals surface area contributed by atoms with Gasteiger partial charge in [-0.2, -0.15) is 0 Å². The molecule has 5 N–H and O–H groups in total. The van der Waals surface area contributed by atoms with Gasteiger partial charge < -0.3 is 30.5 Å². The Bertz CT molecular complexity index is 1480. The third kappa shape index (κ3) is 5.35. The Morgan fingerprint density at radius 1 is 1.04 bits per heavy atom. The van der Waals surface area contributed by atoms with Gasteiger partial charge in [0.25, 0.3) is 0 Å². The summed E-state index contributed by atoms with van der Waals surface area (Å²) in [6, 6.07) is 6.99. The Hall–Kier alpha value is -2.10. The monoisotopic (exact) mass is 665 g/mol. The number of carbonyl (C=O) groups is 2. The zero-order chi connectivity index (χ0) is 35.2. The summed E-state index contributed by atoms with van der Waals surface area (Å²) in [4.78, 5) is 28.7. The van der Waals surface area contributed by atoms with Gasteiger partial charge in [0, 0.05) is 42.4 Å². The number of nitrogens with one attached hydrogen (secondary N) is 1. The molecular weight excluding hydrogens is 606 g/mol. The molecule has 1 saturated heterocycles. The molecule has 0 aromatic heterocycles. The maximum Gasteiger partial charge on any atom is 0.159 e. The molecule has 8 heteroatoms. The zero-order valence-electron chi connectivity index (χ0n) is 30.3. The summed E-state index contributed by atoms with van der Waals surface area (Å²) >= 11 is 0. The standard InChI is InChI=1S/C40H59NO7/c1-22(16-29(45)35-37(5,6)48-35)32-27-12-13-31-38(7)18-26(24-10-9-11-25(44)17-24)34(47)36(3,4)33(38)28(41-21-23(2)43)19-40(31,14-15-42)39(27,8)20-30(32)46/h9-11,17,22-23,26,28-29,31,33,35,41-45H,12-16,18-21H2,1-8H3. The molecule has 3 saturated carbocycles. The van der Waals surface area contributed by atoms with Crippen LogP contribution in [0, 0.1) is 39.4 Å². The molecule has 0 spiro atoms. The molecule has 1 aliphatic heterocycles. The van der Waals surface area contributed by atoms with Crippen LogP contribution in [0.3, 0.4) is 0 Å². The smallest absolute Gasteiger partial charge is 0.159 e. The van der Waals surface area contributed by atoms with Crippen LogP contribution in [-0.2, 0) is 14.3 Å². The van der Waals surface area contributed by atoms with Gasteiger partial charge in [0.05, 0.1) is 17.8 Å². The summed E-state index contributed by atoms with van der Waals surface area (Å²) in [5, 5.41) is 46.5. The summed E-state index contributed by atoms with van der Waals surface area (Å²) in [6.07, 6.45) is 2.87.